The van der Waals surface area contributed by atoms with E-state index in [1.165, 1.54) is 23.5 Å². The lowest BCUT2D eigenvalue weighted by molar-refractivity contribution is -0.122. The molecule has 0 aliphatic carbocycles. The molecule has 0 fully saturated rings. The molecule has 0 aliphatic rings. The van der Waals surface area contributed by atoms with Gasteiger partial charge < -0.3 is 10.6 Å². The van der Waals surface area contributed by atoms with Crippen molar-refractivity contribution in [3.63, 3.8) is 0 Å². The quantitative estimate of drug-likeness (QED) is 0.632. The van der Waals surface area contributed by atoms with Crippen LogP contribution in [0.25, 0.3) is 10.2 Å². The number of benzene rings is 2. The van der Waals surface area contributed by atoms with E-state index < -0.39 is 6.04 Å². The molecule has 146 valence electrons. The molecule has 0 saturated carbocycles. The molecule has 2 amide bonds. The molecular formula is C19H18ClFN4O2S. The molecule has 3 aromatic rings. The van der Waals surface area contributed by atoms with E-state index in [-0.39, 0.29) is 24.2 Å². The minimum absolute atomic E-state index is 0.00483. The number of fused-ring (bicyclic) bond motifs is 1. The lowest BCUT2D eigenvalue weighted by Crippen LogP contribution is -2.43. The molecule has 0 bridgehead atoms. The smallest absolute Gasteiger partial charge is 0.243 e. The SMILES string of the molecule is CC(C(=O)Nc1nc2ccc(F)cc2s1)N(C)CC(=O)Nc1ccccc1Cl. The van der Waals surface area contributed by atoms with Crippen LogP contribution in [0.4, 0.5) is 15.2 Å². The van der Waals surface area contributed by atoms with E-state index in [0.717, 1.165) is 0 Å². The summed E-state index contributed by atoms with van der Waals surface area (Å²) in [6.07, 6.45) is 0. The van der Waals surface area contributed by atoms with Gasteiger partial charge in [0.25, 0.3) is 0 Å². The molecule has 3 rings (SSSR count). The summed E-state index contributed by atoms with van der Waals surface area (Å²) < 4.78 is 13.9. The standard InChI is InChI=1S/C19H18ClFN4O2S/c1-11(25(2)10-17(26)22-14-6-4-3-5-13(14)20)18(27)24-19-23-15-8-7-12(21)9-16(15)28-19/h3-9,11H,10H2,1-2H3,(H,22,26)(H,23,24,27). The van der Waals surface area contributed by atoms with Gasteiger partial charge in [0.2, 0.25) is 11.8 Å². The Morgan fingerprint density at radius 1 is 1.25 bits per heavy atom. The molecule has 6 nitrogen and oxygen atoms in total. The maximum atomic E-state index is 13.3. The normalized spacial score (nSPS) is 12.2. The second-order valence-corrected chi connectivity index (χ2v) is 7.68. The van der Waals surface area contributed by atoms with Gasteiger partial charge in [0.05, 0.1) is 33.5 Å². The fourth-order valence-corrected chi connectivity index (χ4v) is 3.55. The number of aromatic nitrogens is 1. The summed E-state index contributed by atoms with van der Waals surface area (Å²) in [5.74, 6) is -0.954. The number of halogens is 2. The first-order valence-corrected chi connectivity index (χ1v) is 9.64. The van der Waals surface area contributed by atoms with Gasteiger partial charge in [0.15, 0.2) is 5.13 Å². The number of rotatable bonds is 6. The van der Waals surface area contributed by atoms with Crippen LogP contribution in [0.2, 0.25) is 5.02 Å². The molecule has 0 radical (unpaired) electrons. The van der Waals surface area contributed by atoms with Crippen LogP contribution >= 0.6 is 22.9 Å². The van der Waals surface area contributed by atoms with Crippen molar-refractivity contribution < 1.29 is 14.0 Å². The number of thiazole rings is 1. The predicted octanol–water partition coefficient (Wildman–Crippen LogP) is 3.99. The number of carbonyl (C=O) groups excluding carboxylic acids is 2. The highest BCUT2D eigenvalue weighted by atomic mass is 35.5. The molecule has 2 aromatic carbocycles. The molecule has 1 unspecified atom stereocenters. The Labute approximate surface area is 170 Å². The molecular weight excluding hydrogens is 403 g/mol. The average molecular weight is 421 g/mol. The molecule has 2 N–H and O–H groups in total. The summed E-state index contributed by atoms with van der Waals surface area (Å²) in [6, 6.07) is 10.6. The summed E-state index contributed by atoms with van der Waals surface area (Å²) >= 11 is 7.22. The van der Waals surface area contributed by atoms with Crippen molar-refractivity contribution in [2.75, 3.05) is 24.2 Å². The minimum atomic E-state index is -0.583. The Hall–Kier alpha value is -2.55. The van der Waals surface area contributed by atoms with Crippen LogP contribution < -0.4 is 10.6 Å². The van der Waals surface area contributed by atoms with Gasteiger partial charge >= 0.3 is 0 Å². The molecule has 0 saturated heterocycles. The highest BCUT2D eigenvalue weighted by molar-refractivity contribution is 7.22. The lowest BCUT2D eigenvalue weighted by Gasteiger charge is -2.22. The number of para-hydroxylation sites is 1. The Morgan fingerprint density at radius 2 is 2.00 bits per heavy atom. The fraction of sp³-hybridized carbons (Fsp3) is 0.211. The molecule has 9 heteroatoms. The first-order valence-electron chi connectivity index (χ1n) is 8.45. The van der Waals surface area contributed by atoms with E-state index in [4.69, 9.17) is 11.6 Å². The summed E-state index contributed by atoms with van der Waals surface area (Å²) in [4.78, 5) is 30.6. The second-order valence-electron chi connectivity index (χ2n) is 6.24. The Bertz CT molecular complexity index is 1030. The van der Waals surface area contributed by atoms with E-state index in [2.05, 4.69) is 15.6 Å². The van der Waals surface area contributed by atoms with E-state index in [1.54, 1.807) is 49.2 Å². The summed E-state index contributed by atoms with van der Waals surface area (Å²) in [5, 5.41) is 6.25. The molecule has 28 heavy (non-hydrogen) atoms. The predicted molar refractivity (Wildman–Crippen MR) is 110 cm³/mol. The number of hydrogen-bond acceptors (Lipinski definition) is 5. The Morgan fingerprint density at radius 3 is 2.75 bits per heavy atom. The monoisotopic (exact) mass is 420 g/mol. The highest BCUT2D eigenvalue weighted by Gasteiger charge is 2.21. The third kappa shape index (κ3) is 4.83. The van der Waals surface area contributed by atoms with E-state index in [0.29, 0.717) is 26.1 Å². The number of nitrogens with one attached hydrogen (secondary N) is 2. The molecule has 0 spiro atoms. The Kier molecular flexibility index (Phi) is 6.23. The zero-order valence-electron chi connectivity index (χ0n) is 15.2. The first kappa shape index (κ1) is 20.2. The number of carbonyl (C=O) groups is 2. The van der Waals surface area contributed by atoms with E-state index in [9.17, 15) is 14.0 Å². The van der Waals surface area contributed by atoms with Gasteiger partial charge in [-0.2, -0.15) is 0 Å². The van der Waals surface area contributed by atoms with Gasteiger partial charge in [-0.3, -0.25) is 14.5 Å². The van der Waals surface area contributed by atoms with Gasteiger partial charge in [0.1, 0.15) is 5.82 Å². The van der Waals surface area contributed by atoms with E-state index >= 15 is 0 Å². The highest BCUT2D eigenvalue weighted by Crippen LogP contribution is 2.26. The summed E-state index contributed by atoms with van der Waals surface area (Å²) in [7, 11) is 1.67. The van der Waals surface area contributed by atoms with Crippen LogP contribution in [0.5, 0.6) is 0 Å². The third-order valence-corrected chi connectivity index (χ3v) is 5.43. The van der Waals surface area contributed by atoms with Crippen LogP contribution in [-0.2, 0) is 9.59 Å². The number of likely N-dealkylation sites (N-methyl/N-ethyl adjacent to an activating group) is 1. The summed E-state index contributed by atoms with van der Waals surface area (Å²) in [6.45, 7) is 1.69. The van der Waals surface area contributed by atoms with Gasteiger partial charge in [-0.15, -0.1) is 0 Å². The minimum Gasteiger partial charge on any atom is -0.324 e. The fourth-order valence-electron chi connectivity index (χ4n) is 2.48. The molecule has 1 aromatic heterocycles. The zero-order chi connectivity index (χ0) is 20.3. The average Bonchev–Trinajstić information content (AvgIpc) is 3.04. The Balaban J connectivity index is 1.58. The van der Waals surface area contributed by atoms with Gasteiger partial charge in [-0.25, -0.2) is 9.37 Å². The van der Waals surface area contributed by atoms with Gasteiger partial charge in [0, 0.05) is 0 Å². The van der Waals surface area contributed by atoms with Crippen LogP contribution in [0.15, 0.2) is 42.5 Å². The van der Waals surface area contributed by atoms with E-state index in [1.807, 2.05) is 0 Å². The van der Waals surface area contributed by atoms with Gasteiger partial charge in [-0.05, 0) is 44.3 Å². The third-order valence-electron chi connectivity index (χ3n) is 4.16. The van der Waals surface area contributed by atoms with Crippen LogP contribution in [0.1, 0.15) is 6.92 Å². The number of amides is 2. The second kappa shape index (κ2) is 8.64. The van der Waals surface area contributed by atoms with Crippen molar-refractivity contribution in [2.45, 2.75) is 13.0 Å². The van der Waals surface area contributed by atoms with Gasteiger partial charge in [-0.1, -0.05) is 35.1 Å². The number of hydrogen-bond donors (Lipinski definition) is 2. The number of nitrogens with zero attached hydrogens (tertiary/aromatic N) is 2. The maximum absolute atomic E-state index is 13.3. The maximum Gasteiger partial charge on any atom is 0.243 e. The van der Waals surface area contributed by atoms with Crippen LogP contribution in [-0.4, -0.2) is 41.3 Å². The lowest BCUT2D eigenvalue weighted by atomic mass is 10.2. The topological polar surface area (TPSA) is 74.3 Å². The van der Waals surface area contributed by atoms with Crippen molar-refractivity contribution >= 4 is 55.8 Å². The molecule has 0 aliphatic heterocycles. The van der Waals surface area contributed by atoms with Crippen molar-refractivity contribution in [3.05, 3.63) is 53.3 Å². The molecule has 1 heterocycles. The largest absolute Gasteiger partial charge is 0.324 e. The summed E-state index contributed by atoms with van der Waals surface area (Å²) in [5.41, 5.74) is 1.13. The van der Waals surface area contributed by atoms with Crippen molar-refractivity contribution in [1.29, 1.82) is 0 Å². The van der Waals surface area contributed by atoms with Crippen molar-refractivity contribution in [3.8, 4) is 0 Å². The molecule has 1 atom stereocenters. The van der Waals surface area contributed by atoms with Crippen molar-refractivity contribution in [2.24, 2.45) is 0 Å². The zero-order valence-corrected chi connectivity index (χ0v) is 16.8. The van der Waals surface area contributed by atoms with Crippen LogP contribution in [0.3, 0.4) is 0 Å². The van der Waals surface area contributed by atoms with Crippen molar-refractivity contribution in [1.82, 2.24) is 9.88 Å². The number of anilines is 2. The first-order chi connectivity index (χ1) is 13.3. The van der Waals surface area contributed by atoms with Crippen LogP contribution in [0, 0.1) is 5.82 Å².